The molecule has 0 spiro atoms. The third kappa shape index (κ3) is 45.0. The molecule has 0 aromatic carbocycles. The summed E-state index contributed by atoms with van der Waals surface area (Å²) in [5, 5.41) is 0. The van der Waals surface area contributed by atoms with Gasteiger partial charge in [0.2, 0.25) is 0 Å². The second-order valence-electron chi connectivity index (χ2n) is 14.1. The highest BCUT2D eigenvalue weighted by Crippen LogP contribution is 3.53. The van der Waals surface area contributed by atoms with Crippen LogP contribution in [0.25, 0.3) is 0 Å². The molecule has 0 saturated heterocycles. The van der Waals surface area contributed by atoms with Crippen LogP contribution in [0.5, 0.6) is 0 Å². The van der Waals surface area contributed by atoms with E-state index in [0.29, 0.717) is 0 Å². The van der Waals surface area contributed by atoms with E-state index in [1.807, 2.05) is 0 Å². The maximum atomic E-state index is 3.89. The highest BCUT2D eigenvalue weighted by Gasteiger charge is 2.66. The van der Waals surface area contributed by atoms with Crippen molar-refractivity contribution in [2.45, 2.75) is 0 Å². The summed E-state index contributed by atoms with van der Waals surface area (Å²) in [5.41, 5.74) is 0. The van der Waals surface area contributed by atoms with Crippen molar-refractivity contribution in [3.05, 3.63) is 0 Å². The first-order chi connectivity index (χ1) is 40.5. The standard InChI is InChI=1S/H91P89/c1-46-69(47(2)3)80(68(44)45)86(81(70(48(4)5)49(6)7)71(50(8)9)51(10)11)89(87(82(72(52(12)13)53(14)15)73(54(16)17)55(18)19)83(74(56(20)21)57(22)23)75(58(24)25)59(26)27)88(84(76(60(28)29)61(30)31)77(62(32)33)63(34)35)85(78(64(36)37)65(38)39)79(66(40)41)67(42)43/h46H,1-45H2. The summed E-state index contributed by atoms with van der Waals surface area (Å²) in [6, 6.07) is 0. The van der Waals surface area contributed by atoms with Gasteiger partial charge < -0.3 is 0 Å². The topological polar surface area (TPSA) is 0 Å². The second-order valence-corrected chi connectivity index (χ2v) is 382. The molecular weight excluding hydrogens is 2760 g/mol. The van der Waals surface area contributed by atoms with Gasteiger partial charge in [0.05, 0.1) is 0 Å². The molecule has 536 valence electrons. The lowest BCUT2D eigenvalue weighted by Crippen LogP contribution is -1.76. The maximum Gasteiger partial charge on any atom is -0.00000188 e. The quantitative estimate of drug-likeness (QED) is 0.0534. The summed E-state index contributed by atoms with van der Waals surface area (Å²) < 4.78 is 0. The van der Waals surface area contributed by atoms with Gasteiger partial charge in [-0.05, 0) is 300 Å². The van der Waals surface area contributed by atoms with E-state index < -0.39 is 69.9 Å². The molecule has 0 nitrogen and oxygen atoms in total. The number of hydrogen-bond acceptors (Lipinski definition) is 0. The molecule has 0 N–H and O–H groups in total. The van der Waals surface area contributed by atoms with E-state index in [4.69, 9.17) is 0 Å². The molecule has 49 unspecified atom stereocenters. The zero-order valence-corrected chi connectivity index (χ0v) is 137. The molecule has 0 aliphatic carbocycles. The van der Waals surface area contributed by atoms with Crippen molar-refractivity contribution in [3.63, 3.8) is 0 Å². The Bertz CT molecular complexity index is 1420. The molecule has 0 aliphatic rings. The van der Waals surface area contributed by atoms with Crippen LogP contribution in [-0.4, -0.2) is 0 Å². The lowest BCUT2D eigenvalue weighted by molar-refractivity contribution is 4.30. The Kier molecular flexibility index (Phi) is 100. The van der Waals surface area contributed by atoms with Gasteiger partial charge in [-0.1, -0.05) is 7.96 Å². The van der Waals surface area contributed by atoms with Gasteiger partial charge in [0, 0.05) is 0 Å². The van der Waals surface area contributed by atoms with Gasteiger partial charge >= 0.3 is 0 Å². The van der Waals surface area contributed by atoms with E-state index in [0.717, 1.165) is 7.96 Å². The van der Waals surface area contributed by atoms with Crippen LogP contribution in [0.2, 0.25) is 0 Å². The van der Waals surface area contributed by atoms with E-state index in [1.165, 1.54) is 0 Å². The molecule has 0 heterocycles. The second kappa shape index (κ2) is 70.0. The normalized spacial score (nSPS) is 15.7. The van der Waals surface area contributed by atoms with Crippen LogP contribution in [0.1, 0.15) is 0 Å². The van der Waals surface area contributed by atoms with Crippen molar-refractivity contribution in [2.75, 3.05) is 0 Å². The number of rotatable bonds is 43. The maximum absolute atomic E-state index is 3.89. The van der Waals surface area contributed by atoms with Gasteiger partial charge in [-0.15, -0.1) is 402 Å². The Labute approximate surface area is 698 Å². The van der Waals surface area contributed by atoms with Crippen LogP contribution >= 0.6 is 710 Å². The Hall–Kier alpha value is 38.3. The Balaban J connectivity index is 13.6. The minimum atomic E-state index is -0.543. The molecule has 0 bridgehead atoms. The molecule has 0 aromatic rings. The highest BCUT2D eigenvalue weighted by atomic mass is 33.6. The van der Waals surface area contributed by atoms with Crippen molar-refractivity contribution in [1.29, 1.82) is 0 Å². The minimum Gasteiger partial charge on any atom is -0.109 e. The van der Waals surface area contributed by atoms with E-state index in [1.54, 1.807) is 0 Å². The third-order valence-electron chi connectivity index (χ3n) is 7.88. The summed E-state index contributed by atoms with van der Waals surface area (Å²) in [5.74, 6) is 0. The van der Waals surface area contributed by atoms with Crippen LogP contribution in [0, 0.1) is 0 Å². The van der Waals surface area contributed by atoms with Crippen LogP contribution in [-0.2, 0) is 0 Å². The minimum absolute atomic E-state index is 0.285. The predicted molar refractivity (Wildman–Crippen MR) is 743 cm³/mol. The molecule has 0 aromatic heterocycles. The zero-order valence-electron chi connectivity index (χ0n) is 45.7. The monoisotopic (exact) mass is 2850 g/mol. The molecule has 0 amide bonds. The molecular formula is H91P89. The van der Waals surface area contributed by atoms with Crippen LogP contribution in [0.3, 0.4) is 0 Å². The molecule has 0 saturated carbocycles. The van der Waals surface area contributed by atoms with E-state index in [9.17, 15) is 0 Å². The van der Waals surface area contributed by atoms with Crippen molar-refractivity contribution in [2.24, 2.45) is 0 Å². The van der Waals surface area contributed by atoms with Crippen LogP contribution in [0.15, 0.2) is 0 Å². The van der Waals surface area contributed by atoms with Crippen molar-refractivity contribution < 1.29 is 0 Å². The Morgan fingerprint density at radius 1 is 0.101 bits per heavy atom. The van der Waals surface area contributed by atoms with Gasteiger partial charge in [0.15, 0.2) is 0 Å². The lowest BCUT2D eigenvalue weighted by Gasteiger charge is -2.63. The first-order valence-corrected chi connectivity index (χ1v) is 182. The lowest BCUT2D eigenvalue weighted by atomic mass is 28.4. The first kappa shape index (κ1) is 127. The predicted octanol–water partition coefficient (Wildman–Crippen LogP) is 52.3. The molecule has 0 rings (SSSR count). The van der Waals surface area contributed by atoms with Gasteiger partial charge in [-0.2, -0.15) is 0 Å². The van der Waals surface area contributed by atoms with Crippen molar-refractivity contribution in [3.8, 4) is 0 Å². The summed E-state index contributed by atoms with van der Waals surface area (Å²) in [6.07, 6.45) is 0. The SMILES string of the molecule is PPP(P(P)P)P(P(P)P)P(P(P(P(P)P)P(P)P)P(P(P)P)P(P)P)P(P(P(P(P(P)P)P(P)P)P(P(P)P)P(P)P)P(P(P(P)P)P(P)P)P(P(P)P)P(P)P)P(P(P(P(P)P)P(P)P)P(P(P)P)P(P)P)P(P(P(P)P)P(P)P)P(P(P)P)P(P)P. The fourth-order valence-corrected chi connectivity index (χ4v) is 1320. The van der Waals surface area contributed by atoms with Crippen LogP contribution < -0.4 is 0 Å². The van der Waals surface area contributed by atoms with Gasteiger partial charge in [-0.25, -0.2) is 0 Å². The molecule has 89 heteroatoms. The smallest absolute Gasteiger partial charge is 0.00000188 e. The summed E-state index contributed by atoms with van der Waals surface area (Å²) in [6.45, 7) is -16.8. The van der Waals surface area contributed by atoms with Crippen LogP contribution in [0.4, 0.5) is 0 Å². The fourth-order valence-electron chi connectivity index (χ4n) is 5.45. The van der Waals surface area contributed by atoms with Gasteiger partial charge in [0.25, 0.3) is 0 Å². The summed E-state index contributed by atoms with van der Waals surface area (Å²) >= 11 is 0. The first-order valence-electron chi connectivity index (χ1n) is 20.3. The van der Waals surface area contributed by atoms with E-state index >= 15 is 0 Å². The highest BCUT2D eigenvalue weighted by molar-refractivity contribution is 9.59. The average Bonchev–Trinajstić information content (AvgIpc) is 3.31. The summed E-state index contributed by atoms with van der Waals surface area (Å²) in [4.78, 5) is 0. The zero-order chi connectivity index (χ0) is 70.5. The Morgan fingerprint density at radius 2 is 0.180 bits per heavy atom. The van der Waals surface area contributed by atoms with E-state index in [-0.39, 0.29) is 231 Å². The van der Waals surface area contributed by atoms with Gasteiger partial charge in [-0.3, -0.25) is 0 Å². The van der Waals surface area contributed by atoms with Crippen molar-refractivity contribution >= 4 is 710 Å². The van der Waals surface area contributed by atoms with Crippen molar-refractivity contribution in [1.82, 2.24) is 0 Å². The molecule has 49 atom stereocenters. The van der Waals surface area contributed by atoms with E-state index in [2.05, 4.69) is 402 Å². The molecule has 0 radical (unpaired) electrons. The average molecular weight is 2850 g/mol. The summed E-state index contributed by atoms with van der Waals surface area (Å²) in [7, 11) is 169. The Morgan fingerprint density at radius 3 is 0.247 bits per heavy atom. The molecule has 0 fully saturated rings. The molecule has 89 heavy (non-hydrogen) atoms. The van der Waals surface area contributed by atoms with Gasteiger partial charge in [0.1, 0.15) is 0 Å². The molecule has 0 aliphatic heterocycles. The largest absolute Gasteiger partial charge is 0.109 e. The number of hydrogen-bond donors (Lipinski definition) is 0. The fraction of sp³-hybridized carbons (Fsp3) is 0. The third-order valence-corrected chi connectivity index (χ3v) is 638.